The number of aromatic nitrogens is 3. The van der Waals surface area contributed by atoms with Gasteiger partial charge in [-0.1, -0.05) is 33.6 Å². The molecule has 0 atom stereocenters. The van der Waals surface area contributed by atoms with E-state index in [2.05, 4.69) is 36.6 Å². The van der Waals surface area contributed by atoms with E-state index in [1.54, 1.807) is 29.2 Å². The standard InChI is InChI=1S/C16H13BrClN5O/c17-11-2-1-3-13(6-11)20-8-16(24)22-14-7-12(18)4-5-15(14)23-10-19-9-21-23/h1-7,9-10,20H,8H2,(H,22,24). The van der Waals surface area contributed by atoms with E-state index in [0.717, 1.165) is 10.2 Å². The number of hydrogen-bond acceptors (Lipinski definition) is 4. The first-order valence-electron chi connectivity index (χ1n) is 7.05. The molecule has 122 valence electrons. The summed E-state index contributed by atoms with van der Waals surface area (Å²) in [7, 11) is 0. The lowest BCUT2D eigenvalue weighted by Gasteiger charge is -2.12. The second-order valence-corrected chi connectivity index (χ2v) is 6.27. The zero-order chi connectivity index (χ0) is 16.9. The minimum Gasteiger partial charge on any atom is -0.376 e. The molecule has 8 heteroatoms. The Morgan fingerprint density at radius 1 is 1.25 bits per heavy atom. The van der Waals surface area contributed by atoms with Crippen LogP contribution >= 0.6 is 27.5 Å². The minimum absolute atomic E-state index is 0.125. The van der Waals surface area contributed by atoms with Gasteiger partial charge in [-0.3, -0.25) is 4.79 Å². The molecule has 0 aliphatic rings. The normalized spacial score (nSPS) is 10.4. The summed E-state index contributed by atoms with van der Waals surface area (Å²) in [5.41, 5.74) is 2.10. The number of anilines is 2. The number of halogens is 2. The molecule has 0 bridgehead atoms. The number of nitrogens with zero attached hydrogens (tertiary/aromatic N) is 3. The molecule has 2 aromatic carbocycles. The molecule has 0 radical (unpaired) electrons. The molecule has 0 aliphatic carbocycles. The molecule has 0 aliphatic heterocycles. The van der Waals surface area contributed by atoms with Crippen molar-refractivity contribution in [3.8, 4) is 5.69 Å². The Bertz CT molecular complexity index is 853. The van der Waals surface area contributed by atoms with Gasteiger partial charge in [-0.15, -0.1) is 0 Å². The Kier molecular flexibility index (Phi) is 5.12. The largest absolute Gasteiger partial charge is 0.376 e. The number of carbonyl (C=O) groups excluding carboxylic acids is 1. The van der Waals surface area contributed by atoms with Crippen molar-refractivity contribution in [2.24, 2.45) is 0 Å². The quantitative estimate of drug-likeness (QED) is 0.677. The number of rotatable bonds is 5. The Morgan fingerprint density at radius 2 is 2.12 bits per heavy atom. The highest BCUT2D eigenvalue weighted by atomic mass is 79.9. The number of benzene rings is 2. The van der Waals surface area contributed by atoms with Gasteiger partial charge in [0.05, 0.1) is 17.9 Å². The predicted octanol–water partition coefficient (Wildman–Crippen LogP) is 3.73. The first-order chi connectivity index (χ1) is 11.6. The molecular formula is C16H13BrClN5O. The first-order valence-corrected chi connectivity index (χ1v) is 8.23. The highest BCUT2D eigenvalue weighted by Gasteiger charge is 2.10. The second kappa shape index (κ2) is 7.46. The van der Waals surface area contributed by atoms with Gasteiger partial charge in [-0.05, 0) is 36.4 Å². The van der Waals surface area contributed by atoms with E-state index in [0.29, 0.717) is 16.4 Å². The van der Waals surface area contributed by atoms with Gasteiger partial charge in [0, 0.05) is 15.2 Å². The van der Waals surface area contributed by atoms with Crippen LogP contribution in [0.15, 0.2) is 59.6 Å². The van der Waals surface area contributed by atoms with Crippen molar-refractivity contribution in [3.63, 3.8) is 0 Å². The third-order valence-electron chi connectivity index (χ3n) is 3.18. The fraction of sp³-hybridized carbons (Fsp3) is 0.0625. The van der Waals surface area contributed by atoms with Crippen molar-refractivity contribution in [1.82, 2.24) is 14.8 Å². The third kappa shape index (κ3) is 4.12. The van der Waals surface area contributed by atoms with Gasteiger partial charge in [0.2, 0.25) is 5.91 Å². The van der Waals surface area contributed by atoms with E-state index in [1.807, 2.05) is 24.3 Å². The monoisotopic (exact) mass is 405 g/mol. The van der Waals surface area contributed by atoms with Crippen LogP contribution in [0.4, 0.5) is 11.4 Å². The molecule has 0 saturated heterocycles. The molecule has 0 unspecified atom stereocenters. The maximum absolute atomic E-state index is 12.2. The lowest BCUT2D eigenvalue weighted by Crippen LogP contribution is -2.22. The summed E-state index contributed by atoms with van der Waals surface area (Å²) in [6.07, 6.45) is 2.98. The Hall–Kier alpha value is -2.38. The molecule has 3 aromatic rings. The second-order valence-electron chi connectivity index (χ2n) is 4.91. The fourth-order valence-corrected chi connectivity index (χ4v) is 2.69. The van der Waals surface area contributed by atoms with Crippen molar-refractivity contribution in [2.75, 3.05) is 17.2 Å². The van der Waals surface area contributed by atoms with Crippen LogP contribution in [-0.4, -0.2) is 27.2 Å². The number of hydrogen-bond donors (Lipinski definition) is 2. The molecule has 2 N–H and O–H groups in total. The topological polar surface area (TPSA) is 71.8 Å². The highest BCUT2D eigenvalue weighted by Crippen LogP contribution is 2.24. The summed E-state index contributed by atoms with van der Waals surface area (Å²) in [5.74, 6) is -0.196. The third-order valence-corrected chi connectivity index (χ3v) is 3.90. The molecular weight excluding hydrogens is 394 g/mol. The van der Waals surface area contributed by atoms with Crippen LogP contribution in [0, 0.1) is 0 Å². The van der Waals surface area contributed by atoms with Crippen LogP contribution in [0.25, 0.3) is 5.69 Å². The highest BCUT2D eigenvalue weighted by molar-refractivity contribution is 9.10. The van der Waals surface area contributed by atoms with Crippen LogP contribution in [0.5, 0.6) is 0 Å². The zero-order valence-corrected chi connectivity index (χ0v) is 14.8. The lowest BCUT2D eigenvalue weighted by molar-refractivity contribution is -0.114. The van der Waals surface area contributed by atoms with Crippen molar-refractivity contribution in [2.45, 2.75) is 0 Å². The lowest BCUT2D eigenvalue weighted by atomic mass is 10.2. The molecule has 0 saturated carbocycles. The van der Waals surface area contributed by atoms with Gasteiger partial charge < -0.3 is 10.6 Å². The van der Waals surface area contributed by atoms with Crippen molar-refractivity contribution in [1.29, 1.82) is 0 Å². The average Bonchev–Trinajstić information content (AvgIpc) is 3.07. The van der Waals surface area contributed by atoms with Crippen LogP contribution in [0.3, 0.4) is 0 Å². The fourth-order valence-electron chi connectivity index (χ4n) is 2.12. The van der Waals surface area contributed by atoms with Gasteiger partial charge in [0.1, 0.15) is 12.7 Å². The van der Waals surface area contributed by atoms with E-state index in [9.17, 15) is 4.79 Å². The van der Waals surface area contributed by atoms with Gasteiger partial charge >= 0.3 is 0 Å². The van der Waals surface area contributed by atoms with Gasteiger partial charge in [-0.2, -0.15) is 5.10 Å². The summed E-state index contributed by atoms with van der Waals surface area (Å²) in [5, 5.41) is 10.5. The van der Waals surface area contributed by atoms with Gasteiger partial charge in [0.25, 0.3) is 0 Å². The summed E-state index contributed by atoms with van der Waals surface area (Å²) in [6.45, 7) is 0.125. The Labute approximate surface area is 152 Å². The van der Waals surface area contributed by atoms with Crippen LogP contribution in [0.2, 0.25) is 5.02 Å². The van der Waals surface area contributed by atoms with Crippen LogP contribution in [-0.2, 0) is 4.79 Å². The van der Waals surface area contributed by atoms with Crippen molar-refractivity contribution in [3.05, 3.63) is 64.6 Å². The van der Waals surface area contributed by atoms with Crippen LogP contribution < -0.4 is 10.6 Å². The smallest absolute Gasteiger partial charge is 0.243 e. The molecule has 1 amide bonds. The summed E-state index contributed by atoms with van der Waals surface area (Å²) in [4.78, 5) is 16.1. The number of carbonyl (C=O) groups is 1. The molecule has 0 spiro atoms. The number of nitrogens with one attached hydrogen (secondary N) is 2. The van der Waals surface area contributed by atoms with E-state index >= 15 is 0 Å². The molecule has 1 heterocycles. The SMILES string of the molecule is O=C(CNc1cccc(Br)c1)Nc1cc(Cl)ccc1-n1cncn1. The van der Waals surface area contributed by atoms with Crippen molar-refractivity contribution >= 4 is 44.8 Å². The minimum atomic E-state index is -0.196. The van der Waals surface area contributed by atoms with E-state index < -0.39 is 0 Å². The van der Waals surface area contributed by atoms with Crippen LogP contribution in [0.1, 0.15) is 0 Å². The van der Waals surface area contributed by atoms with E-state index in [1.165, 1.54) is 6.33 Å². The van der Waals surface area contributed by atoms with E-state index in [4.69, 9.17) is 11.6 Å². The maximum Gasteiger partial charge on any atom is 0.243 e. The Morgan fingerprint density at radius 3 is 2.88 bits per heavy atom. The molecule has 3 rings (SSSR count). The molecule has 24 heavy (non-hydrogen) atoms. The molecule has 6 nitrogen and oxygen atoms in total. The zero-order valence-electron chi connectivity index (χ0n) is 12.4. The average molecular weight is 407 g/mol. The Balaban J connectivity index is 1.71. The van der Waals surface area contributed by atoms with Gasteiger partial charge in [-0.25, -0.2) is 9.67 Å². The molecule has 1 aromatic heterocycles. The summed E-state index contributed by atoms with van der Waals surface area (Å²) >= 11 is 9.43. The van der Waals surface area contributed by atoms with E-state index in [-0.39, 0.29) is 12.5 Å². The predicted molar refractivity (Wildman–Crippen MR) is 97.6 cm³/mol. The van der Waals surface area contributed by atoms with Crippen molar-refractivity contribution < 1.29 is 4.79 Å². The summed E-state index contributed by atoms with van der Waals surface area (Å²) < 4.78 is 2.50. The maximum atomic E-state index is 12.2. The molecule has 0 fully saturated rings. The first kappa shape index (κ1) is 16.5. The summed E-state index contributed by atoms with van der Waals surface area (Å²) in [6, 6.07) is 12.8. The number of amides is 1. The van der Waals surface area contributed by atoms with Gasteiger partial charge in [0.15, 0.2) is 0 Å².